The quantitative estimate of drug-likeness (QED) is 0.478. The number of nitro groups is 1. The smallest absolute Gasteiger partial charge is 0.258 e. The van der Waals surface area contributed by atoms with Gasteiger partial charge in [-0.3, -0.25) is 10.1 Å². The van der Waals surface area contributed by atoms with Gasteiger partial charge >= 0.3 is 5.69 Å². The Morgan fingerprint density at radius 1 is 1.50 bits per heavy atom. The normalized spacial score (nSPS) is 11.2. The summed E-state index contributed by atoms with van der Waals surface area (Å²) in [4.78, 5) is 10.8. The number of hydrogen-bond donors (Lipinski definition) is 0. The molecule has 18 heavy (non-hydrogen) atoms. The lowest BCUT2D eigenvalue weighted by Gasteiger charge is -2.09. The molecule has 2 aromatic rings. The first-order chi connectivity index (χ1) is 8.41. The SMILES string of the molecule is Cc1nn(C(C)C)c(-n2cc(I)cn2)c1[N+](=O)[O-]. The summed E-state index contributed by atoms with van der Waals surface area (Å²) in [6, 6.07) is 0.0225. The first-order valence-corrected chi connectivity index (χ1v) is 6.43. The molecule has 2 heterocycles. The third-order valence-electron chi connectivity index (χ3n) is 2.47. The second-order valence-electron chi connectivity index (χ2n) is 4.16. The predicted octanol–water partition coefficient (Wildman–Crippen LogP) is 2.47. The predicted molar refractivity (Wildman–Crippen MR) is 73.8 cm³/mol. The maximum atomic E-state index is 11.2. The number of nitrogens with zero attached hydrogens (tertiary/aromatic N) is 5. The van der Waals surface area contributed by atoms with E-state index in [0.717, 1.165) is 3.57 Å². The van der Waals surface area contributed by atoms with Gasteiger partial charge in [-0.1, -0.05) is 0 Å². The molecule has 2 rings (SSSR count). The van der Waals surface area contributed by atoms with E-state index < -0.39 is 4.92 Å². The highest BCUT2D eigenvalue weighted by molar-refractivity contribution is 14.1. The standard InChI is InChI=1S/C10H12IN5O2/c1-6(2)15-10(14-5-8(11)4-12-14)9(16(17)18)7(3)13-15/h4-6H,1-3H3. The summed E-state index contributed by atoms with van der Waals surface area (Å²) in [5.74, 6) is 0.399. The van der Waals surface area contributed by atoms with Crippen LogP contribution in [0.3, 0.4) is 0 Å². The molecule has 8 heteroatoms. The van der Waals surface area contributed by atoms with Crippen LogP contribution < -0.4 is 0 Å². The first-order valence-electron chi connectivity index (χ1n) is 5.36. The van der Waals surface area contributed by atoms with Crippen molar-refractivity contribution in [1.29, 1.82) is 0 Å². The molecule has 0 saturated carbocycles. The van der Waals surface area contributed by atoms with Gasteiger partial charge in [0.2, 0.25) is 5.82 Å². The van der Waals surface area contributed by atoms with Crippen LogP contribution >= 0.6 is 22.6 Å². The fourth-order valence-electron chi connectivity index (χ4n) is 1.73. The molecule has 0 spiro atoms. The van der Waals surface area contributed by atoms with Crippen molar-refractivity contribution in [3.05, 3.63) is 31.8 Å². The third kappa shape index (κ3) is 2.11. The second kappa shape index (κ2) is 4.67. The molecule has 0 bridgehead atoms. The van der Waals surface area contributed by atoms with Gasteiger partial charge in [-0.15, -0.1) is 0 Å². The van der Waals surface area contributed by atoms with E-state index in [2.05, 4.69) is 32.8 Å². The van der Waals surface area contributed by atoms with E-state index in [-0.39, 0.29) is 11.7 Å². The van der Waals surface area contributed by atoms with E-state index in [1.165, 1.54) is 4.68 Å². The van der Waals surface area contributed by atoms with E-state index in [0.29, 0.717) is 11.5 Å². The highest BCUT2D eigenvalue weighted by Crippen LogP contribution is 2.28. The van der Waals surface area contributed by atoms with Crippen LogP contribution in [0.1, 0.15) is 25.6 Å². The average Bonchev–Trinajstić information content (AvgIpc) is 2.81. The number of aryl methyl sites for hydroxylation is 1. The van der Waals surface area contributed by atoms with E-state index in [1.807, 2.05) is 13.8 Å². The van der Waals surface area contributed by atoms with Crippen LogP contribution in [0.2, 0.25) is 0 Å². The van der Waals surface area contributed by atoms with Gasteiger partial charge in [0.05, 0.1) is 14.7 Å². The van der Waals surface area contributed by atoms with Gasteiger partial charge in [0, 0.05) is 12.2 Å². The summed E-state index contributed by atoms with van der Waals surface area (Å²) in [7, 11) is 0. The molecule has 0 N–H and O–H groups in total. The topological polar surface area (TPSA) is 78.8 Å². The first kappa shape index (κ1) is 13.0. The van der Waals surface area contributed by atoms with Crippen LogP contribution in [-0.2, 0) is 0 Å². The highest BCUT2D eigenvalue weighted by Gasteiger charge is 2.28. The average molecular weight is 361 g/mol. The summed E-state index contributed by atoms with van der Waals surface area (Å²) in [5.41, 5.74) is 0.400. The van der Waals surface area contributed by atoms with Crippen molar-refractivity contribution in [3.63, 3.8) is 0 Å². The fourth-order valence-corrected chi connectivity index (χ4v) is 2.12. The van der Waals surface area contributed by atoms with E-state index in [1.54, 1.807) is 24.0 Å². The summed E-state index contributed by atoms with van der Waals surface area (Å²) < 4.78 is 4.03. The highest BCUT2D eigenvalue weighted by atomic mass is 127. The van der Waals surface area contributed by atoms with Gasteiger partial charge in [0.25, 0.3) is 0 Å². The van der Waals surface area contributed by atoms with Crippen molar-refractivity contribution in [2.24, 2.45) is 0 Å². The van der Waals surface area contributed by atoms with Crippen molar-refractivity contribution < 1.29 is 4.92 Å². The van der Waals surface area contributed by atoms with Gasteiger partial charge < -0.3 is 0 Å². The van der Waals surface area contributed by atoms with E-state index >= 15 is 0 Å². The van der Waals surface area contributed by atoms with Gasteiger partial charge in [-0.05, 0) is 43.4 Å². The molecule has 0 aliphatic carbocycles. The zero-order chi connectivity index (χ0) is 13.4. The van der Waals surface area contributed by atoms with Crippen molar-refractivity contribution in [2.75, 3.05) is 0 Å². The molecular formula is C10H12IN5O2. The summed E-state index contributed by atoms with van der Waals surface area (Å²) in [6.45, 7) is 5.48. The number of halogens is 1. The molecule has 0 atom stereocenters. The Morgan fingerprint density at radius 2 is 2.17 bits per heavy atom. The van der Waals surface area contributed by atoms with Gasteiger partial charge in [0.1, 0.15) is 5.69 Å². The second-order valence-corrected chi connectivity index (χ2v) is 5.40. The number of hydrogen-bond acceptors (Lipinski definition) is 4. The maximum absolute atomic E-state index is 11.2. The van der Waals surface area contributed by atoms with Crippen LogP contribution in [0, 0.1) is 20.6 Å². The van der Waals surface area contributed by atoms with E-state index in [9.17, 15) is 10.1 Å². The van der Waals surface area contributed by atoms with Gasteiger partial charge in [0.15, 0.2) is 0 Å². The van der Waals surface area contributed by atoms with Crippen molar-refractivity contribution >= 4 is 28.3 Å². The summed E-state index contributed by atoms with van der Waals surface area (Å²) >= 11 is 2.11. The van der Waals surface area contributed by atoms with Gasteiger partial charge in [-0.2, -0.15) is 10.2 Å². The minimum absolute atomic E-state index is 0.00296. The Balaban J connectivity index is 2.73. The zero-order valence-electron chi connectivity index (χ0n) is 10.2. The molecule has 2 aromatic heterocycles. The molecule has 0 amide bonds. The van der Waals surface area contributed by atoms with E-state index in [4.69, 9.17) is 0 Å². The third-order valence-corrected chi connectivity index (χ3v) is 3.03. The summed E-state index contributed by atoms with van der Waals surface area (Å²) in [6.07, 6.45) is 3.39. The van der Waals surface area contributed by atoms with Crippen molar-refractivity contribution in [3.8, 4) is 5.82 Å². The Labute approximate surface area is 117 Å². The van der Waals surface area contributed by atoms with Crippen LogP contribution in [-0.4, -0.2) is 24.5 Å². The van der Waals surface area contributed by atoms with Crippen LogP contribution in [0.25, 0.3) is 5.82 Å². The summed E-state index contributed by atoms with van der Waals surface area (Å²) in [5, 5.41) is 19.5. The monoisotopic (exact) mass is 361 g/mol. The van der Waals surface area contributed by atoms with Crippen molar-refractivity contribution in [1.82, 2.24) is 19.6 Å². The Kier molecular flexibility index (Phi) is 3.37. The molecule has 0 fully saturated rings. The molecule has 7 nitrogen and oxygen atoms in total. The molecule has 0 aliphatic rings. The molecular weight excluding hydrogens is 349 g/mol. The lowest BCUT2D eigenvalue weighted by Crippen LogP contribution is -2.11. The fraction of sp³-hybridized carbons (Fsp3) is 0.400. The Morgan fingerprint density at radius 3 is 2.61 bits per heavy atom. The molecule has 0 aromatic carbocycles. The molecule has 0 unspecified atom stereocenters. The Hall–Kier alpha value is -1.45. The van der Waals surface area contributed by atoms with Crippen LogP contribution in [0.4, 0.5) is 5.69 Å². The molecule has 0 radical (unpaired) electrons. The van der Waals surface area contributed by atoms with Crippen LogP contribution in [0.15, 0.2) is 12.4 Å². The minimum atomic E-state index is -0.412. The number of aromatic nitrogens is 4. The zero-order valence-corrected chi connectivity index (χ0v) is 12.3. The molecule has 96 valence electrons. The van der Waals surface area contributed by atoms with Crippen molar-refractivity contribution in [2.45, 2.75) is 26.8 Å². The Bertz CT molecular complexity index is 601. The van der Waals surface area contributed by atoms with Gasteiger partial charge in [-0.25, -0.2) is 9.36 Å². The lowest BCUT2D eigenvalue weighted by atomic mass is 10.3. The maximum Gasteiger partial charge on any atom is 0.336 e. The number of rotatable bonds is 3. The largest absolute Gasteiger partial charge is 0.336 e. The van der Waals surface area contributed by atoms with Crippen LogP contribution in [0.5, 0.6) is 0 Å². The minimum Gasteiger partial charge on any atom is -0.258 e. The lowest BCUT2D eigenvalue weighted by molar-refractivity contribution is -0.385. The molecule has 0 aliphatic heterocycles. The molecule has 0 saturated heterocycles.